The zero-order chi connectivity index (χ0) is 16.1. The number of carbonyl (C=O) groups excluding carboxylic acids is 1. The summed E-state index contributed by atoms with van der Waals surface area (Å²) in [6, 6.07) is 15.1. The SMILES string of the molecule is C=C(C(=O)O)[C@H](CC(=O)c1ccccc1O)c1ccccc1. The number of rotatable bonds is 6. The van der Waals surface area contributed by atoms with Crippen molar-refractivity contribution < 1.29 is 19.8 Å². The van der Waals surface area contributed by atoms with Crippen LogP contribution in [-0.4, -0.2) is 22.0 Å². The Kier molecular flexibility index (Phi) is 4.73. The zero-order valence-corrected chi connectivity index (χ0v) is 11.9. The third-order valence-electron chi connectivity index (χ3n) is 3.49. The van der Waals surface area contributed by atoms with Crippen LogP contribution < -0.4 is 0 Å². The van der Waals surface area contributed by atoms with E-state index in [-0.39, 0.29) is 29.1 Å². The Bertz CT molecular complexity index is 704. The van der Waals surface area contributed by atoms with Gasteiger partial charge in [0.1, 0.15) is 5.75 Å². The van der Waals surface area contributed by atoms with Crippen molar-refractivity contribution in [1.29, 1.82) is 0 Å². The van der Waals surface area contributed by atoms with Crippen LogP contribution in [0.2, 0.25) is 0 Å². The minimum Gasteiger partial charge on any atom is -0.507 e. The highest BCUT2D eigenvalue weighted by atomic mass is 16.4. The summed E-state index contributed by atoms with van der Waals surface area (Å²) in [4.78, 5) is 23.6. The second-order valence-electron chi connectivity index (χ2n) is 4.94. The van der Waals surface area contributed by atoms with E-state index in [0.717, 1.165) is 0 Å². The molecule has 2 aromatic rings. The number of benzene rings is 2. The van der Waals surface area contributed by atoms with Crippen LogP contribution in [0.25, 0.3) is 0 Å². The molecular weight excluding hydrogens is 280 g/mol. The largest absolute Gasteiger partial charge is 0.507 e. The van der Waals surface area contributed by atoms with E-state index >= 15 is 0 Å². The van der Waals surface area contributed by atoms with Crippen molar-refractivity contribution >= 4 is 11.8 Å². The Hall–Kier alpha value is -2.88. The van der Waals surface area contributed by atoms with Crippen LogP contribution in [0, 0.1) is 0 Å². The molecule has 0 saturated heterocycles. The second kappa shape index (κ2) is 6.72. The molecular formula is C18H16O4. The van der Waals surface area contributed by atoms with Gasteiger partial charge in [-0.1, -0.05) is 49.0 Å². The maximum Gasteiger partial charge on any atom is 0.331 e. The molecule has 0 aliphatic rings. The van der Waals surface area contributed by atoms with E-state index < -0.39 is 11.9 Å². The molecule has 0 saturated carbocycles. The molecule has 4 heteroatoms. The fraction of sp³-hybridized carbons (Fsp3) is 0.111. The highest BCUT2D eigenvalue weighted by molar-refractivity contribution is 6.00. The first-order valence-electron chi connectivity index (χ1n) is 6.79. The molecule has 0 aromatic heterocycles. The molecule has 0 radical (unpaired) electrons. The highest BCUT2D eigenvalue weighted by Gasteiger charge is 2.24. The van der Waals surface area contributed by atoms with Crippen LogP contribution in [0.15, 0.2) is 66.7 Å². The molecule has 1 atom stereocenters. The second-order valence-corrected chi connectivity index (χ2v) is 4.94. The summed E-state index contributed by atoms with van der Waals surface area (Å²) < 4.78 is 0. The van der Waals surface area contributed by atoms with E-state index in [4.69, 9.17) is 0 Å². The maximum atomic E-state index is 12.4. The molecule has 2 rings (SSSR count). The fourth-order valence-electron chi connectivity index (χ4n) is 2.28. The monoisotopic (exact) mass is 296 g/mol. The summed E-state index contributed by atoms with van der Waals surface area (Å²) in [5, 5.41) is 18.9. The average molecular weight is 296 g/mol. The number of phenols is 1. The number of hydrogen-bond acceptors (Lipinski definition) is 3. The summed E-state index contributed by atoms with van der Waals surface area (Å²) in [5.41, 5.74) is 0.843. The topological polar surface area (TPSA) is 74.6 Å². The van der Waals surface area contributed by atoms with Crippen LogP contribution in [0.1, 0.15) is 28.3 Å². The molecule has 22 heavy (non-hydrogen) atoms. The van der Waals surface area contributed by atoms with Gasteiger partial charge in [-0.15, -0.1) is 0 Å². The fourth-order valence-corrected chi connectivity index (χ4v) is 2.28. The lowest BCUT2D eigenvalue weighted by Crippen LogP contribution is -2.15. The first-order valence-corrected chi connectivity index (χ1v) is 6.79. The van der Waals surface area contributed by atoms with E-state index in [1.165, 1.54) is 12.1 Å². The molecule has 0 spiro atoms. The summed E-state index contributed by atoms with van der Waals surface area (Å²) in [7, 11) is 0. The molecule has 0 unspecified atom stereocenters. The van der Waals surface area contributed by atoms with E-state index in [2.05, 4.69) is 6.58 Å². The lowest BCUT2D eigenvalue weighted by Gasteiger charge is -2.17. The average Bonchev–Trinajstić information content (AvgIpc) is 2.53. The van der Waals surface area contributed by atoms with Crippen LogP contribution in [-0.2, 0) is 4.79 Å². The number of carboxylic acids is 1. The van der Waals surface area contributed by atoms with E-state index in [9.17, 15) is 19.8 Å². The molecule has 0 aliphatic heterocycles. The van der Waals surface area contributed by atoms with Gasteiger partial charge >= 0.3 is 5.97 Å². The standard InChI is InChI=1S/C18H16O4/c1-12(18(21)22)15(13-7-3-2-4-8-13)11-17(20)14-9-5-6-10-16(14)19/h2-10,15,19H,1,11H2,(H,21,22)/t15-/m0/s1. The van der Waals surface area contributed by atoms with Crippen LogP contribution in [0.4, 0.5) is 0 Å². The van der Waals surface area contributed by atoms with Gasteiger partial charge in [0.15, 0.2) is 5.78 Å². The summed E-state index contributed by atoms with van der Waals surface area (Å²) in [6.45, 7) is 3.59. The number of para-hydroxylation sites is 1. The Morgan fingerprint density at radius 3 is 2.18 bits per heavy atom. The molecule has 0 heterocycles. The molecule has 4 nitrogen and oxygen atoms in total. The van der Waals surface area contributed by atoms with Crippen LogP contribution >= 0.6 is 0 Å². The lowest BCUT2D eigenvalue weighted by molar-refractivity contribution is -0.132. The Labute approximate surface area is 128 Å². The van der Waals surface area contributed by atoms with Gasteiger partial charge < -0.3 is 10.2 Å². The number of phenolic OH excluding ortho intramolecular Hbond substituents is 1. The molecule has 2 N–H and O–H groups in total. The van der Waals surface area contributed by atoms with E-state index in [1.807, 2.05) is 6.07 Å². The third-order valence-corrected chi connectivity index (χ3v) is 3.49. The Morgan fingerprint density at radius 2 is 1.59 bits per heavy atom. The summed E-state index contributed by atoms with van der Waals surface area (Å²) in [5.74, 6) is -2.21. The highest BCUT2D eigenvalue weighted by Crippen LogP contribution is 2.30. The van der Waals surface area contributed by atoms with Gasteiger partial charge in [0, 0.05) is 17.9 Å². The predicted octanol–water partition coefficient (Wildman–Crippen LogP) is 3.39. The van der Waals surface area contributed by atoms with Gasteiger partial charge in [0.05, 0.1) is 5.56 Å². The van der Waals surface area contributed by atoms with Gasteiger partial charge in [-0.25, -0.2) is 4.79 Å². The number of aliphatic carboxylic acids is 1. The van der Waals surface area contributed by atoms with Crippen molar-refractivity contribution in [3.8, 4) is 5.75 Å². The smallest absolute Gasteiger partial charge is 0.331 e. The van der Waals surface area contributed by atoms with Crippen molar-refractivity contribution in [1.82, 2.24) is 0 Å². The molecule has 112 valence electrons. The van der Waals surface area contributed by atoms with Crippen molar-refractivity contribution in [2.75, 3.05) is 0 Å². The van der Waals surface area contributed by atoms with Crippen molar-refractivity contribution in [2.45, 2.75) is 12.3 Å². The van der Waals surface area contributed by atoms with Crippen molar-refractivity contribution in [2.24, 2.45) is 0 Å². The molecule has 0 aliphatic carbocycles. The lowest BCUT2D eigenvalue weighted by atomic mass is 9.86. The van der Waals surface area contributed by atoms with Crippen molar-refractivity contribution in [3.63, 3.8) is 0 Å². The predicted molar refractivity (Wildman–Crippen MR) is 83.0 cm³/mol. The molecule has 0 bridgehead atoms. The van der Waals surface area contributed by atoms with E-state index in [0.29, 0.717) is 5.56 Å². The Balaban J connectivity index is 2.31. The maximum absolute atomic E-state index is 12.4. The van der Waals surface area contributed by atoms with Gasteiger partial charge in [0.2, 0.25) is 0 Å². The normalized spacial score (nSPS) is 11.6. The summed E-state index contributed by atoms with van der Waals surface area (Å²) in [6.07, 6.45) is -0.0628. The quantitative estimate of drug-likeness (QED) is 0.633. The van der Waals surface area contributed by atoms with Gasteiger partial charge in [-0.3, -0.25) is 4.79 Å². The zero-order valence-electron chi connectivity index (χ0n) is 11.9. The minimum absolute atomic E-state index is 0.0463. The molecule has 0 amide bonds. The minimum atomic E-state index is -1.14. The van der Waals surface area contributed by atoms with E-state index in [1.54, 1.807) is 36.4 Å². The van der Waals surface area contributed by atoms with Crippen molar-refractivity contribution in [3.05, 3.63) is 77.9 Å². The van der Waals surface area contributed by atoms with Crippen LogP contribution in [0.3, 0.4) is 0 Å². The number of Topliss-reactive ketones (excluding diaryl/α,β-unsaturated/α-hetero) is 1. The number of aromatic hydroxyl groups is 1. The van der Waals surface area contributed by atoms with Gasteiger partial charge in [-0.2, -0.15) is 0 Å². The number of carbonyl (C=O) groups is 2. The number of ketones is 1. The molecule has 0 fully saturated rings. The third kappa shape index (κ3) is 3.41. The first kappa shape index (κ1) is 15.5. The summed E-state index contributed by atoms with van der Waals surface area (Å²) >= 11 is 0. The van der Waals surface area contributed by atoms with Crippen LogP contribution in [0.5, 0.6) is 5.75 Å². The van der Waals surface area contributed by atoms with Gasteiger partial charge in [0.25, 0.3) is 0 Å². The number of carboxylic acid groups (broad SMARTS) is 1. The first-order chi connectivity index (χ1) is 10.5. The van der Waals surface area contributed by atoms with Gasteiger partial charge in [-0.05, 0) is 17.7 Å². The number of hydrogen-bond donors (Lipinski definition) is 2. The molecule has 2 aromatic carbocycles. The Morgan fingerprint density at radius 1 is 1.00 bits per heavy atom.